The van der Waals surface area contributed by atoms with Gasteiger partial charge in [0.25, 0.3) is 17.7 Å². The lowest BCUT2D eigenvalue weighted by Gasteiger charge is -2.12. The van der Waals surface area contributed by atoms with Crippen LogP contribution in [-0.2, 0) is 14.3 Å². The van der Waals surface area contributed by atoms with E-state index >= 15 is 0 Å². The molecule has 0 saturated heterocycles. The first-order valence-corrected chi connectivity index (χ1v) is 18.0. The van der Waals surface area contributed by atoms with Crippen molar-refractivity contribution in [3.63, 3.8) is 0 Å². The van der Waals surface area contributed by atoms with Gasteiger partial charge in [-0.05, 0) is 79.4 Å². The maximum Gasteiger partial charge on any atom is 0.341 e. The molecule has 0 bridgehead atoms. The van der Waals surface area contributed by atoms with E-state index < -0.39 is 29.6 Å². The molecule has 0 radical (unpaired) electrons. The molecule has 254 valence electrons. The summed E-state index contributed by atoms with van der Waals surface area (Å²) in [4.78, 5) is 67.1. The van der Waals surface area contributed by atoms with Crippen LogP contribution in [0.5, 0.6) is 0 Å². The fourth-order valence-electron chi connectivity index (χ4n) is 4.61. The van der Waals surface area contributed by atoms with Gasteiger partial charge in [-0.25, -0.2) is 4.79 Å². The summed E-state index contributed by atoms with van der Waals surface area (Å²) in [5.41, 5.74) is 2.06. The molecule has 0 aliphatic rings. The van der Waals surface area contributed by atoms with Crippen molar-refractivity contribution < 1.29 is 28.7 Å². The summed E-state index contributed by atoms with van der Waals surface area (Å²) in [7, 11) is 0. The molecule has 4 N–H and O–H groups in total. The molecule has 13 heteroatoms. The van der Waals surface area contributed by atoms with Gasteiger partial charge in [0.1, 0.15) is 10.7 Å². The van der Waals surface area contributed by atoms with E-state index in [2.05, 4.69) is 21.3 Å². The van der Waals surface area contributed by atoms with E-state index in [1.54, 1.807) is 98.8 Å². The van der Waals surface area contributed by atoms with E-state index in [1.165, 1.54) is 23.1 Å². The molecule has 10 nitrogen and oxygen atoms in total. The van der Waals surface area contributed by atoms with Crippen molar-refractivity contribution in [3.8, 4) is 0 Å². The van der Waals surface area contributed by atoms with E-state index in [0.29, 0.717) is 27.4 Å². The second kappa shape index (κ2) is 17.2. The number of carbonyl (C=O) groups excluding carboxylic acids is 5. The maximum absolute atomic E-state index is 13.4. The van der Waals surface area contributed by atoms with Gasteiger partial charge >= 0.3 is 5.97 Å². The third-order valence-corrected chi connectivity index (χ3v) is 9.96. The average molecular weight is 725 g/mol. The van der Waals surface area contributed by atoms with Gasteiger partial charge in [0.2, 0.25) is 5.91 Å². The van der Waals surface area contributed by atoms with Crippen LogP contribution in [0.3, 0.4) is 0 Å². The van der Waals surface area contributed by atoms with E-state index in [9.17, 15) is 24.0 Å². The highest BCUT2D eigenvalue weighted by Crippen LogP contribution is 2.35. The smallest absolute Gasteiger partial charge is 0.341 e. The predicted molar refractivity (Wildman–Crippen MR) is 200 cm³/mol. The molecule has 5 rings (SSSR count). The Labute approximate surface area is 301 Å². The standard InChI is InChI=1S/C37H32N4O6S3/c1-3-47-37(46)31-23(2)32(35(45)38-25-14-8-5-9-15-25)50-36(31)41-30(42)22-49-27-17-10-16-26(20-27)39-34(44)29(21-28-18-11-19-48-28)40-33(43)24-12-6-4-7-13-24/h4-21H,3,22H2,1-2H3,(H,38,45)(H,39,44)(H,40,43)(H,41,42)/b29-21-. The van der Waals surface area contributed by atoms with Crippen LogP contribution >= 0.6 is 34.4 Å². The van der Waals surface area contributed by atoms with Crippen LogP contribution in [0.1, 0.15) is 47.8 Å². The fraction of sp³-hybridized carbons (Fsp3) is 0.108. The number of amides is 4. The molecular weight excluding hydrogens is 693 g/mol. The zero-order valence-electron chi connectivity index (χ0n) is 27.0. The Hall–Kier alpha value is -5.50. The molecule has 3 aromatic carbocycles. The normalized spacial score (nSPS) is 11.0. The number of thiophene rings is 2. The van der Waals surface area contributed by atoms with Crippen LogP contribution in [0, 0.1) is 6.92 Å². The van der Waals surface area contributed by atoms with Crippen LogP contribution in [0.25, 0.3) is 6.08 Å². The van der Waals surface area contributed by atoms with Crippen LogP contribution in [-0.4, -0.2) is 42.0 Å². The zero-order valence-corrected chi connectivity index (χ0v) is 29.4. The van der Waals surface area contributed by atoms with Gasteiger partial charge in [0.05, 0.1) is 22.8 Å². The summed E-state index contributed by atoms with van der Waals surface area (Å²) in [6.45, 7) is 3.44. The minimum atomic E-state index is -0.640. The second-order valence-electron chi connectivity index (χ2n) is 10.5. The largest absolute Gasteiger partial charge is 0.462 e. The first-order valence-electron chi connectivity index (χ1n) is 15.3. The molecule has 0 spiro atoms. The number of hydrogen-bond donors (Lipinski definition) is 4. The summed E-state index contributed by atoms with van der Waals surface area (Å²) in [6.07, 6.45) is 1.61. The number of anilines is 3. The molecule has 0 atom stereocenters. The Morgan fingerprint density at radius 2 is 1.52 bits per heavy atom. The van der Waals surface area contributed by atoms with Crippen LogP contribution < -0.4 is 21.3 Å². The molecular formula is C37H32N4O6S3. The van der Waals surface area contributed by atoms with Crippen molar-refractivity contribution in [3.05, 3.63) is 135 Å². The molecule has 0 saturated carbocycles. The highest BCUT2D eigenvalue weighted by Gasteiger charge is 2.27. The lowest BCUT2D eigenvalue weighted by molar-refractivity contribution is -0.114. The average Bonchev–Trinajstić information content (AvgIpc) is 3.75. The highest BCUT2D eigenvalue weighted by atomic mass is 32.2. The van der Waals surface area contributed by atoms with Gasteiger partial charge in [-0.2, -0.15) is 0 Å². The molecule has 0 aliphatic heterocycles. The molecule has 50 heavy (non-hydrogen) atoms. The Bertz CT molecular complexity index is 2030. The van der Waals surface area contributed by atoms with Gasteiger partial charge in [-0.15, -0.1) is 34.4 Å². The van der Waals surface area contributed by atoms with E-state index in [0.717, 1.165) is 16.2 Å². The van der Waals surface area contributed by atoms with Crippen molar-refractivity contribution in [2.24, 2.45) is 0 Å². The lowest BCUT2D eigenvalue weighted by atomic mass is 10.1. The summed E-state index contributed by atoms with van der Waals surface area (Å²) in [5, 5.41) is 13.2. The Morgan fingerprint density at radius 1 is 0.800 bits per heavy atom. The van der Waals surface area contributed by atoms with Crippen molar-refractivity contribution >= 4 is 86.5 Å². The Kier molecular flexibility index (Phi) is 12.3. The molecule has 0 unspecified atom stereocenters. The molecule has 5 aromatic rings. The number of rotatable bonds is 13. The quantitative estimate of drug-likeness (QED) is 0.0554. The monoisotopic (exact) mass is 724 g/mol. The van der Waals surface area contributed by atoms with Crippen LogP contribution in [0.2, 0.25) is 0 Å². The second-order valence-corrected chi connectivity index (χ2v) is 13.6. The van der Waals surface area contributed by atoms with Crippen molar-refractivity contribution in [1.29, 1.82) is 0 Å². The number of ether oxygens (including phenoxy) is 1. The van der Waals surface area contributed by atoms with Gasteiger partial charge in [-0.3, -0.25) is 19.2 Å². The minimum absolute atomic E-state index is 0.0289. The van der Waals surface area contributed by atoms with Gasteiger partial charge in [0.15, 0.2) is 0 Å². The number of nitrogens with one attached hydrogen (secondary N) is 4. The van der Waals surface area contributed by atoms with Crippen molar-refractivity contribution in [1.82, 2.24) is 5.32 Å². The highest BCUT2D eigenvalue weighted by molar-refractivity contribution is 8.00. The summed E-state index contributed by atoms with van der Waals surface area (Å²) < 4.78 is 5.22. The molecule has 2 heterocycles. The SMILES string of the molecule is CCOC(=O)c1c(NC(=O)CSc2cccc(NC(=O)/C(=C/c3cccs3)NC(=O)c3ccccc3)c2)sc(C(=O)Nc2ccccc2)c1C. The summed E-state index contributed by atoms with van der Waals surface area (Å²) >= 11 is 3.64. The topological polar surface area (TPSA) is 143 Å². The molecule has 2 aromatic heterocycles. The number of carbonyl (C=O) groups is 5. The first-order chi connectivity index (χ1) is 24.2. The van der Waals surface area contributed by atoms with E-state index in [1.807, 2.05) is 23.6 Å². The number of esters is 1. The summed E-state index contributed by atoms with van der Waals surface area (Å²) in [5.74, 6) is -2.43. The van der Waals surface area contributed by atoms with E-state index in [-0.39, 0.29) is 33.5 Å². The third-order valence-electron chi connectivity index (χ3n) is 6.94. The first kappa shape index (κ1) is 35.8. The molecule has 0 aliphatic carbocycles. The number of para-hydroxylation sites is 1. The Morgan fingerprint density at radius 3 is 2.22 bits per heavy atom. The number of benzene rings is 3. The maximum atomic E-state index is 13.4. The van der Waals surface area contributed by atoms with Crippen molar-refractivity contribution in [2.75, 3.05) is 28.3 Å². The van der Waals surface area contributed by atoms with Gasteiger partial charge in [-0.1, -0.05) is 48.5 Å². The molecule has 0 fully saturated rings. The number of hydrogen-bond acceptors (Lipinski definition) is 9. The van der Waals surface area contributed by atoms with Crippen LogP contribution in [0.4, 0.5) is 16.4 Å². The van der Waals surface area contributed by atoms with Gasteiger partial charge < -0.3 is 26.0 Å². The Balaban J connectivity index is 1.25. The fourth-order valence-corrected chi connectivity index (χ4v) is 7.13. The van der Waals surface area contributed by atoms with Crippen LogP contribution in [0.15, 0.2) is 113 Å². The minimum Gasteiger partial charge on any atom is -0.462 e. The third kappa shape index (κ3) is 9.56. The number of thioether (sulfide) groups is 1. The predicted octanol–water partition coefficient (Wildman–Crippen LogP) is 7.69. The van der Waals surface area contributed by atoms with Gasteiger partial charge in [0, 0.05) is 26.7 Å². The van der Waals surface area contributed by atoms with Crippen molar-refractivity contribution in [2.45, 2.75) is 18.7 Å². The zero-order chi connectivity index (χ0) is 35.5. The summed E-state index contributed by atoms with van der Waals surface area (Å²) in [6, 6.07) is 28.1. The van der Waals surface area contributed by atoms with E-state index in [4.69, 9.17) is 4.74 Å². The molecule has 4 amide bonds. The lowest BCUT2D eigenvalue weighted by Crippen LogP contribution is -2.30.